The predicted molar refractivity (Wildman–Crippen MR) is 100 cm³/mol. The third kappa shape index (κ3) is 4.00. The summed E-state index contributed by atoms with van der Waals surface area (Å²) in [7, 11) is 1.64. The smallest absolute Gasteiger partial charge is 0.258 e. The van der Waals surface area contributed by atoms with Crippen molar-refractivity contribution in [2.24, 2.45) is 0 Å². The van der Waals surface area contributed by atoms with Gasteiger partial charge in [-0.25, -0.2) is 4.98 Å². The van der Waals surface area contributed by atoms with Crippen molar-refractivity contribution >= 4 is 22.5 Å². The van der Waals surface area contributed by atoms with Crippen molar-refractivity contribution in [1.29, 1.82) is 0 Å². The van der Waals surface area contributed by atoms with E-state index in [0.29, 0.717) is 34.8 Å². The van der Waals surface area contributed by atoms with Gasteiger partial charge in [-0.05, 0) is 36.9 Å². The van der Waals surface area contributed by atoms with Gasteiger partial charge in [0.15, 0.2) is 0 Å². The molecule has 0 bridgehead atoms. The molecule has 25 heavy (non-hydrogen) atoms. The molecule has 0 aliphatic rings. The first-order valence-corrected chi connectivity index (χ1v) is 8.51. The Morgan fingerprint density at radius 1 is 1.20 bits per heavy atom. The Bertz CT molecular complexity index is 939. The van der Waals surface area contributed by atoms with Crippen LogP contribution in [0.3, 0.4) is 0 Å². The zero-order valence-corrected chi connectivity index (χ0v) is 15.0. The number of hydrogen-bond acceptors (Lipinski definition) is 4. The third-order valence-electron chi connectivity index (χ3n) is 4.12. The van der Waals surface area contributed by atoms with Gasteiger partial charge < -0.3 is 9.72 Å². The summed E-state index contributed by atoms with van der Waals surface area (Å²) < 4.78 is 5.41. The fraction of sp³-hybridized carbons (Fsp3) is 0.263. The van der Waals surface area contributed by atoms with Crippen LogP contribution >= 0.6 is 11.6 Å². The summed E-state index contributed by atoms with van der Waals surface area (Å²) in [5.74, 6) is 1.44. The Morgan fingerprint density at radius 2 is 2.00 bits per heavy atom. The van der Waals surface area contributed by atoms with Crippen LogP contribution in [-0.4, -0.2) is 28.5 Å². The molecule has 0 spiro atoms. The highest BCUT2D eigenvalue weighted by Gasteiger charge is 2.12. The quantitative estimate of drug-likeness (QED) is 0.732. The zero-order chi connectivity index (χ0) is 17.8. The molecule has 1 aromatic heterocycles. The lowest BCUT2D eigenvalue weighted by atomic mass is 10.2. The molecule has 0 radical (unpaired) electrons. The third-order valence-corrected chi connectivity index (χ3v) is 4.35. The number of aromatic amines is 1. The second-order valence-corrected chi connectivity index (χ2v) is 6.23. The molecular weight excluding hydrogens is 338 g/mol. The van der Waals surface area contributed by atoms with Crippen molar-refractivity contribution in [2.45, 2.75) is 20.0 Å². The standard InChI is InChI=1S/C19H20ClN3O2/c1-3-23(11-13-10-14(20)8-9-17(13)25-2)12-18-21-16-7-5-4-6-15(16)19(24)22-18/h4-10H,3,11-12H2,1-2H3,(H,21,22,24). The van der Waals surface area contributed by atoms with Crippen molar-refractivity contribution in [3.63, 3.8) is 0 Å². The van der Waals surface area contributed by atoms with Crippen LogP contribution in [0.4, 0.5) is 0 Å². The molecule has 0 amide bonds. The highest BCUT2D eigenvalue weighted by Crippen LogP contribution is 2.24. The fourth-order valence-electron chi connectivity index (χ4n) is 2.81. The summed E-state index contributed by atoms with van der Waals surface area (Å²) in [6, 6.07) is 12.9. The maximum absolute atomic E-state index is 12.2. The van der Waals surface area contributed by atoms with Crippen LogP contribution in [0.5, 0.6) is 5.75 Å². The van der Waals surface area contributed by atoms with E-state index in [9.17, 15) is 4.79 Å². The van der Waals surface area contributed by atoms with Crippen molar-refractivity contribution in [1.82, 2.24) is 14.9 Å². The minimum absolute atomic E-state index is 0.114. The van der Waals surface area contributed by atoms with Crippen LogP contribution in [0.25, 0.3) is 10.9 Å². The molecule has 3 aromatic rings. The number of benzene rings is 2. The van der Waals surface area contributed by atoms with Crippen molar-refractivity contribution in [2.75, 3.05) is 13.7 Å². The van der Waals surface area contributed by atoms with E-state index in [1.54, 1.807) is 13.2 Å². The molecule has 0 saturated heterocycles. The van der Waals surface area contributed by atoms with Crippen LogP contribution in [0.2, 0.25) is 5.02 Å². The normalized spacial score (nSPS) is 11.2. The van der Waals surface area contributed by atoms with Gasteiger partial charge in [0.2, 0.25) is 0 Å². The minimum Gasteiger partial charge on any atom is -0.496 e. The average molecular weight is 358 g/mol. The highest BCUT2D eigenvalue weighted by atomic mass is 35.5. The number of H-pyrrole nitrogens is 1. The molecule has 0 unspecified atom stereocenters. The van der Waals surface area contributed by atoms with Gasteiger partial charge >= 0.3 is 0 Å². The van der Waals surface area contributed by atoms with Gasteiger partial charge in [0.05, 0.1) is 24.6 Å². The first-order valence-electron chi connectivity index (χ1n) is 8.13. The lowest BCUT2D eigenvalue weighted by Crippen LogP contribution is -2.25. The maximum Gasteiger partial charge on any atom is 0.258 e. The van der Waals surface area contributed by atoms with Gasteiger partial charge in [-0.2, -0.15) is 0 Å². The van der Waals surface area contributed by atoms with Gasteiger partial charge in [0.25, 0.3) is 5.56 Å². The van der Waals surface area contributed by atoms with E-state index in [2.05, 4.69) is 21.8 Å². The van der Waals surface area contributed by atoms with E-state index in [-0.39, 0.29) is 5.56 Å². The Morgan fingerprint density at radius 3 is 2.76 bits per heavy atom. The van der Waals surface area contributed by atoms with Gasteiger partial charge in [0, 0.05) is 17.1 Å². The molecular formula is C19H20ClN3O2. The second kappa shape index (κ2) is 7.68. The number of hydrogen-bond donors (Lipinski definition) is 1. The first-order chi connectivity index (χ1) is 12.1. The molecule has 2 aromatic carbocycles. The summed E-state index contributed by atoms with van der Waals surface area (Å²) >= 11 is 6.11. The number of para-hydroxylation sites is 1. The molecule has 3 rings (SSSR count). The number of nitrogens with one attached hydrogen (secondary N) is 1. The number of methoxy groups -OCH3 is 1. The number of rotatable bonds is 6. The molecule has 1 N–H and O–H groups in total. The molecule has 5 nitrogen and oxygen atoms in total. The molecule has 130 valence electrons. The Kier molecular flexibility index (Phi) is 5.36. The minimum atomic E-state index is -0.114. The number of ether oxygens (including phenoxy) is 1. The molecule has 6 heteroatoms. The average Bonchev–Trinajstić information content (AvgIpc) is 2.61. The van der Waals surface area contributed by atoms with Crippen LogP contribution in [0.1, 0.15) is 18.3 Å². The van der Waals surface area contributed by atoms with Gasteiger partial charge in [-0.15, -0.1) is 0 Å². The van der Waals surface area contributed by atoms with E-state index >= 15 is 0 Å². The maximum atomic E-state index is 12.2. The summed E-state index contributed by atoms with van der Waals surface area (Å²) in [4.78, 5) is 21.8. The molecule has 0 saturated carbocycles. The van der Waals surface area contributed by atoms with Crippen LogP contribution < -0.4 is 10.3 Å². The Hall–Kier alpha value is -2.37. The molecule has 0 aliphatic heterocycles. The Labute approximate surface area is 151 Å². The van der Waals surface area contributed by atoms with E-state index < -0.39 is 0 Å². The van der Waals surface area contributed by atoms with Gasteiger partial charge in [-0.1, -0.05) is 30.7 Å². The summed E-state index contributed by atoms with van der Waals surface area (Å²) in [5, 5.41) is 1.27. The summed E-state index contributed by atoms with van der Waals surface area (Å²) in [6.07, 6.45) is 0. The number of aromatic nitrogens is 2. The monoisotopic (exact) mass is 357 g/mol. The number of halogens is 1. The molecule has 1 heterocycles. The zero-order valence-electron chi connectivity index (χ0n) is 14.3. The Balaban J connectivity index is 1.86. The lowest BCUT2D eigenvalue weighted by Gasteiger charge is -2.21. The van der Waals surface area contributed by atoms with Crippen molar-refractivity contribution in [3.05, 3.63) is 69.2 Å². The van der Waals surface area contributed by atoms with Gasteiger partial charge in [0.1, 0.15) is 11.6 Å². The van der Waals surface area contributed by atoms with Crippen LogP contribution in [0.15, 0.2) is 47.3 Å². The number of nitrogens with zero attached hydrogens (tertiary/aromatic N) is 2. The highest BCUT2D eigenvalue weighted by molar-refractivity contribution is 6.30. The number of fused-ring (bicyclic) bond motifs is 1. The van der Waals surface area contributed by atoms with E-state index in [4.69, 9.17) is 16.3 Å². The summed E-state index contributed by atoms with van der Waals surface area (Å²) in [6.45, 7) is 4.05. The van der Waals surface area contributed by atoms with Crippen molar-refractivity contribution < 1.29 is 4.74 Å². The molecule has 0 fully saturated rings. The SMILES string of the molecule is CCN(Cc1nc2ccccc2c(=O)[nH]1)Cc1cc(Cl)ccc1OC. The topological polar surface area (TPSA) is 58.2 Å². The predicted octanol–water partition coefficient (Wildman–Crippen LogP) is 3.61. The van der Waals surface area contributed by atoms with Crippen LogP contribution in [-0.2, 0) is 13.1 Å². The molecule has 0 atom stereocenters. The second-order valence-electron chi connectivity index (χ2n) is 5.79. The van der Waals surface area contributed by atoms with Gasteiger partial charge in [-0.3, -0.25) is 9.69 Å². The van der Waals surface area contributed by atoms with E-state index in [0.717, 1.165) is 17.9 Å². The fourth-order valence-corrected chi connectivity index (χ4v) is 3.01. The molecule has 0 aliphatic carbocycles. The largest absolute Gasteiger partial charge is 0.496 e. The van der Waals surface area contributed by atoms with Crippen molar-refractivity contribution in [3.8, 4) is 5.75 Å². The van der Waals surface area contributed by atoms with E-state index in [1.807, 2.05) is 36.4 Å². The van der Waals surface area contributed by atoms with E-state index in [1.165, 1.54) is 0 Å². The summed E-state index contributed by atoms with van der Waals surface area (Å²) in [5.41, 5.74) is 1.59. The lowest BCUT2D eigenvalue weighted by molar-refractivity contribution is 0.260. The van der Waals surface area contributed by atoms with Crippen LogP contribution in [0, 0.1) is 0 Å². The first kappa shape index (κ1) is 17.5.